The van der Waals surface area contributed by atoms with Gasteiger partial charge in [0.2, 0.25) is 5.95 Å². The van der Waals surface area contributed by atoms with Crippen LogP contribution in [-0.2, 0) is 9.53 Å². The molecule has 2 aromatic heterocycles. The number of hydrogen-bond donors (Lipinski definition) is 3. The summed E-state index contributed by atoms with van der Waals surface area (Å²) in [6.07, 6.45) is 8.89. The summed E-state index contributed by atoms with van der Waals surface area (Å²) in [4.78, 5) is 27.4. The zero-order chi connectivity index (χ0) is 27.2. The number of aromatic nitrogens is 3. The number of halogens is 1. The van der Waals surface area contributed by atoms with Crippen LogP contribution >= 0.6 is 0 Å². The Kier molecular flexibility index (Phi) is 8.18. The van der Waals surface area contributed by atoms with E-state index in [0.717, 1.165) is 30.4 Å². The predicted octanol–water partition coefficient (Wildman–Crippen LogP) is 3.73. The lowest BCUT2D eigenvalue weighted by molar-refractivity contribution is -0.149. The summed E-state index contributed by atoms with van der Waals surface area (Å²) in [6, 6.07) is 8.70. The number of nitrogens with two attached hydrogens (primary N) is 1. The van der Waals surface area contributed by atoms with E-state index >= 15 is 4.39 Å². The summed E-state index contributed by atoms with van der Waals surface area (Å²) < 4.78 is 26.5. The molecule has 206 valence electrons. The van der Waals surface area contributed by atoms with E-state index in [1.807, 2.05) is 12.1 Å². The smallest absolute Gasteiger partial charge is 0.326 e. The second-order valence-electron chi connectivity index (χ2n) is 9.86. The lowest BCUT2D eigenvalue weighted by Crippen LogP contribution is -2.49. The van der Waals surface area contributed by atoms with Crippen molar-refractivity contribution < 1.29 is 18.7 Å². The maximum Gasteiger partial charge on any atom is 0.326 e. The highest BCUT2D eigenvalue weighted by atomic mass is 19.1. The minimum absolute atomic E-state index is 0.131. The van der Waals surface area contributed by atoms with Crippen molar-refractivity contribution in [3.8, 4) is 16.9 Å². The number of methoxy groups -OCH3 is 1. The molecule has 0 amide bonds. The van der Waals surface area contributed by atoms with Crippen LogP contribution in [0.5, 0.6) is 5.75 Å². The third-order valence-electron chi connectivity index (χ3n) is 7.27. The Morgan fingerprint density at radius 1 is 1.15 bits per heavy atom. The summed E-state index contributed by atoms with van der Waals surface area (Å²) in [6.45, 7) is 2.74. The number of ether oxygens (including phenoxy) is 2. The number of piperidine rings is 1. The van der Waals surface area contributed by atoms with Crippen molar-refractivity contribution in [2.24, 2.45) is 5.73 Å². The first-order valence-electron chi connectivity index (χ1n) is 13.3. The van der Waals surface area contributed by atoms with Gasteiger partial charge in [-0.25, -0.2) is 19.3 Å². The molecule has 0 bridgehead atoms. The van der Waals surface area contributed by atoms with Crippen LogP contribution in [0.2, 0.25) is 0 Å². The minimum atomic E-state index is -0.475. The molecule has 0 unspecified atom stereocenters. The summed E-state index contributed by atoms with van der Waals surface area (Å²) in [5.41, 5.74) is 6.98. The average Bonchev–Trinajstić information content (AvgIpc) is 3.78. The monoisotopic (exact) mass is 535 g/mol. The van der Waals surface area contributed by atoms with Gasteiger partial charge >= 0.3 is 5.97 Å². The summed E-state index contributed by atoms with van der Waals surface area (Å²) >= 11 is 0. The molecule has 1 saturated heterocycles. The molecule has 0 radical (unpaired) electrons. The Labute approximate surface area is 227 Å². The van der Waals surface area contributed by atoms with Gasteiger partial charge in [0, 0.05) is 43.8 Å². The van der Waals surface area contributed by atoms with Crippen molar-refractivity contribution >= 4 is 23.4 Å². The van der Waals surface area contributed by atoms with Gasteiger partial charge in [-0.15, -0.1) is 0 Å². The number of nitrogens with one attached hydrogen (secondary N) is 2. The molecule has 2 fully saturated rings. The molecule has 10 nitrogen and oxygen atoms in total. The zero-order valence-corrected chi connectivity index (χ0v) is 22.0. The van der Waals surface area contributed by atoms with Gasteiger partial charge in [-0.1, -0.05) is 6.07 Å². The zero-order valence-electron chi connectivity index (χ0n) is 22.0. The minimum Gasteiger partial charge on any atom is -0.487 e. The number of carbonyl (C=O) groups excluding carboxylic acids is 1. The van der Waals surface area contributed by atoms with Crippen molar-refractivity contribution in [1.82, 2.24) is 19.9 Å². The van der Waals surface area contributed by atoms with E-state index in [1.165, 1.54) is 7.11 Å². The third-order valence-corrected chi connectivity index (χ3v) is 7.27. The van der Waals surface area contributed by atoms with E-state index in [9.17, 15) is 4.79 Å². The van der Waals surface area contributed by atoms with Crippen LogP contribution in [0.4, 0.5) is 21.8 Å². The number of pyridine rings is 1. The van der Waals surface area contributed by atoms with Crippen molar-refractivity contribution in [3.63, 3.8) is 0 Å². The Balaban J connectivity index is 1.21. The Morgan fingerprint density at radius 3 is 2.62 bits per heavy atom. The lowest BCUT2D eigenvalue weighted by atomic mass is 10.0. The first kappa shape index (κ1) is 26.8. The SMILES string of the molecule is COC(=O)C1(N2CCC(Oc3cccc(Nc4cc(-c5cnc(NCCCN)nc5)ccn4)c3F)CC2)CC1. The highest BCUT2D eigenvalue weighted by Crippen LogP contribution is 2.44. The number of likely N-dealkylation sites (tertiary alicyclic amines) is 1. The van der Waals surface area contributed by atoms with Crippen molar-refractivity contribution in [1.29, 1.82) is 0 Å². The van der Waals surface area contributed by atoms with Crippen LogP contribution < -0.4 is 21.1 Å². The number of nitrogens with zero attached hydrogens (tertiary/aromatic N) is 4. The fourth-order valence-corrected chi connectivity index (χ4v) is 4.92. The molecule has 4 N–H and O–H groups in total. The van der Waals surface area contributed by atoms with Crippen LogP contribution in [0, 0.1) is 5.82 Å². The van der Waals surface area contributed by atoms with Gasteiger partial charge in [0.05, 0.1) is 12.8 Å². The van der Waals surface area contributed by atoms with Crippen LogP contribution in [-0.4, -0.2) is 70.8 Å². The molecule has 0 spiro atoms. The molecule has 2 aliphatic rings. The molecule has 1 aromatic carbocycles. The molecular formula is C28H34FN7O3. The molecule has 1 aliphatic carbocycles. The molecule has 1 aliphatic heterocycles. The molecule has 39 heavy (non-hydrogen) atoms. The van der Waals surface area contributed by atoms with E-state index in [4.69, 9.17) is 15.2 Å². The van der Waals surface area contributed by atoms with E-state index in [2.05, 4.69) is 30.5 Å². The van der Waals surface area contributed by atoms with E-state index in [1.54, 1.807) is 36.8 Å². The van der Waals surface area contributed by atoms with Crippen molar-refractivity contribution in [2.75, 3.05) is 43.9 Å². The largest absolute Gasteiger partial charge is 0.487 e. The lowest BCUT2D eigenvalue weighted by Gasteiger charge is -2.36. The predicted molar refractivity (Wildman–Crippen MR) is 146 cm³/mol. The van der Waals surface area contributed by atoms with Gasteiger partial charge < -0.3 is 25.8 Å². The normalized spacial score (nSPS) is 16.9. The number of benzene rings is 1. The molecular weight excluding hydrogens is 501 g/mol. The number of rotatable bonds is 11. The number of esters is 1. The van der Waals surface area contributed by atoms with Crippen LogP contribution in [0.1, 0.15) is 32.1 Å². The van der Waals surface area contributed by atoms with Crippen LogP contribution in [0.15, 0.2) is 48.9 Å². The summed E-state index contributed by atoms with van der Waals surface area (Å²) in [5.74, 6) is 0.579. The second-order valence-corrected chi connectivity index (χ2v) is 9.86. The fourth-order valence-electron chi connectivity index (χ4n) is 4.92. The maximum atomic E-state index is 15.4. The number of hydrogen-bond acceptors (Lipinski definition) is 10. The van der Waals surface area contributed by atoms with Crippen molar-refractivity contribution in [3.05, 3.63) is 54.7 Å². The first-order valence-corrected chi connectivity index (χ1v) is 13.3. The van der Waals surface area contributed by atoms with Gasteiger partial charge in [0.15, 0.2) is 11.6 Å². The molecule has 3 heterocycles. The number of carbonyl (C=O) groups is 1. The van der Waals surface area contributed by atoms with E-state index in [0.29, 0.717) is 50.8 Å². The Bertz CT molecular complexity index is 1280. The third kappa shape index (κ3) is 6.10. The van der Waals surface area contributed by atoms with Gasteiger partial charge in [-0.3, -0.25) is 9.69 Å². The Hall–Kier alpha value is -3.83. The van der Waals surface area contributed by atoms with Gasteiger partial charge in [-0.05, 0) is 68.5 Å². The van der Waals surface area contributed by atoms with Gasteiger partial charge in [-0.2, -0.15) is 0 Å². The highest BCUT2D eigenvalue weighted by molar-refractivity contribution is 5.84. The van der Waals surface area contributed by atoms with Crippen LogP contribution in [0.3, 0.4) is 0 Å². The van der Waals surface area contributed by atoms with Crippen molar-refractivity contribution in [2.45, 2.75) is 43.7 Å². The first-order chi connectivity index (χ1) is 19.0. The molecule has 0 atom stereocenters. The molecule has 3 aromatic rings. The van der Waals surface area contributed by atoms with E-state index < -0.39 is 11.4 Å². The molecule has 1 saturated carbocycles. The quantitative estimate of drug-likeness (QED) is 0.247. The Morgan fingerprint density at radius 2 is 1.92 bits per heavy atom. The average molecular weight is 536 g/mol. The molecule has 11 heteroatoms. The topological polar surface area (TPSA) is 128 Å². The van der Waals surface area contributed by atoms with Crippen LogP contribution in [0.25, 0.3) is 11.1 Å². The van der Waals surface area contributed by atoms with Gasteiger partial charge in [0.1, 0.15) is 17.5 Å². The standard InChI is InChI=1S/C28H34FN7O3/c1-38-26(37)28(9-10-28)36-14-7-21(8-15-36)39-23-5-2-4-22(25(23)29)35-24-16-19(6-13-31-24)20-17-33-27(34-18-20)32-12-3-11-30/h2,4-6,13,16-18,21H,3,7-12,14-15,30H2,1H3,(H,31,35)(H,32,33,34). The maximum absolute atomic E-state index is 15.4. The molecule has 5 rings (SSSR count). The second kappa shape index (κ2) is 11.9. The summed E-state index contributed by atoms with van der Waals surface area (Å²) in [7, 11) is 1.43. The highest BCUT2D eigenvalue weighted by Gasteiger charge is 2.56. The van der Waals surface area contributed by atoms with E-state index in [-0.39, 0.29) is 23.5 Å². The number of anilines is 3. The fraction of sp³-hybridized carbons (Fsp3) is 0.429. The summed E-state index contributed by atoms with van der Waals surface area (Å²) in [5, 5.41) is 6.19. The van der Waals surface area contributed by atoms with Gasteiger partial charge in [0.25, 0.3) is 0 Å².